The second-order valence-corrected chi connectivity index (χ2v) is 8.87. The lowest BCUT2D eigenvalue weighted by molar-refractivity contribution is 0.560. The summed E-state index contributed by atoms with van der Waals surface area (Å²) in [7, 11) is 0. The molecule has 2 heterocycles. The molecular weight excluding hydrogens is 425 g/mol. The molecule has 1 saturated carbocycles. The fourth-order valence-electron chi connectivity index (χ4n) is 4.14. The number of rotatable bonds is 5. The third kappa shape index (κ3) is 3.29. The SMILES string of the molecule is O=c1cc(CSc2nnc(-c3ccccc3F)n2C2CC2)c2c(ccc3ccccc32)o1. The molecule has 5 nitrogen and oxygen atoms in total. The molecule has 3 aromatic carbocycles. The van der Waals surface area contributed by atoms with E-state index >= 15 is 0 Å². The third-order valence-electron chi connectivity index (χ3n) is 5.76. The number of aromatic nitrogens is 3. The molecule has 158 valence electrons. The second-order valence-electron chi connectivity index (χ2n) is 7.93. The molecule has 0 radical (unpaired) electrons. The lowest BCUT2D eigenvalue weighted by Crippen LogP contribution is -2.02. The first-order valence-electron chi connectivity index (χ1n) is 10.5. The molecule has 7 heteroatoms. The number of nitrogens with zero attached hydrogens (tertiary/aromatic N) is 3. The zero-order valence-electron chi connectivity index (χ0n) is 17.0. The summed E-state index contributed by atoms with van der Waals surface area (Å²) in [5.74, 6) is 0.769. The minimum absolute atomic E-state index is 0.278. The molecule has 0 spiro atoms. The molecule has 0 saturated heterocycles. The molecule has 0 amide bonds. The first-order valence-corrected chi connectivity index (χ1v) is 11.4. The molecule has 5 aromatic rings. The summed E-state index contributed by atoms with van der Waals surface area (Å²) < 4.78 is 21.9. The molecule has 0 aliphatic heterocycles. The van der Waals surface area contributed by atoms with Crippen LogP contribution in [0.3, 0.4) is 0 Å². The van der Waals surface area contributed by atoms with Crippen LogP contribution in [0.5, 0.6) is 0 Å². The maximum absolute atomic E-state index is 14.4. The Labute approximate surface area is 186 Å². The van der Waals surface area contributed by atoms with Crippen LogP contribution in [-0.4, -0.2) is 14.8 Å². The largest absolute Gasteiger partial charge is 0.423 e. The Kier molecular flexibility index (Phi) is 4.57. The Balaban J connectivity index is 1.42. The van der Waals surface area contributed by atoms with Gasteiger partial charge in [0.1, 0.15) is 11.4 Å². The van der Waals surface area contributed by atoms with E-state index in [2.05, 4.69) is 10.2 Å². The van der Waals surface area contributed by atoms with Crippen molar-refractivity contribution in [3.63, 3.8) is 0 Å². The minimum Gasteiger partial charge on any atom is -0.423 e. The van der Waals surface area contributed by atoms with Crippen LogP contribution in [0.25, 0.3) is 33.1 Å². The van der Waals surface area contributed by atoms with E-state index in [4.69, 9.17) is 4.42 Å². The normalized spacial score (nSPS) is 13.8. The fourth-order valence-corrected chi connectivity index (χ4v) is 5.13. The number of hydrogen-bond donors (Lipinski definition) is 0. The fraction of sp³-hybridized carbons (Fsp3) is 0.160. The molecular formula is C25H18FN3O2S. The highest BCUT2D eigenvalue weighted by Crippen LogP contribution is 2.42. The van der Waals surface area contributed by atoms with Gasteiger partial charge in [0, 0.05) is 23.2 Å². The van der Waals surface area contributed by atoms with Crippen molar-refractivity contribution < 1.29 is 8.81 Å². The van der Waals surface area contributed by atoms with Crippen LogP contribution in [-0.2, 0) is 5.75 Å². The van der Waals surface area contributed by atoms with E-state index < -0.39 is 0 Å². The molecule has 0 unspecified atom stereocenters. The van der Waals surface area contributed by atoms with E-state index in [-0.39, 0.29) is 17.5 Å². The molecule has 32 heavy (non-hydrogen) atoms. The summed E-state index contributed by atoms with van der Waals surface area (Å²) in [6.07, 6.45) is 2.05. The molecule has 1 aliphatic carbocycles. The van der Waals surface area contributed by atoms with Crippen LogP contribution in [0.4, 0.5) is 4.39 Å². The summed E-state index contributed by atoms with van der Waals surface area (Å²) in [5.41, 5.74) is 1.54. The van der Waals surface area contributed by atoms with Crippen LogP contribution >= 0.6 is 11.8 Å². The van der Waals surface area contributed by atoms with Gasteiger partial charge < -0.3 is 4.42 Å². The monoisotopic (exact) mass is 443 g/mol. The van der Waals surface area contributed by atoms with Crippen LogP contribution in [0.15, 0.2) is 81.1 Å². The quantitative estimate of drug-likeness (QED) is 0.190. The molecule has 0 atom stereocenters. The lowest BCUT2D eigenvalue weighted by Gasteiger charge is -2.11. The highest BCUT2D eigenvalue weighted by molar-refractivity contribution is 7.98. The number of benzene rings is 3. The Hall–Kier alpha value is -3.45. The number of fused-ring (bicyclic) bond motifs is 3. The second kappa shape index (κ2) is 7.60. The standard InChI is InChI=1S/C25H18FN3O2S/c26-20-8-4-3-7-19(20)24-27-28-25(29(24)17-10-11-17)32-14-16-13-22(30)31-21-12-9-15-5-1-2-6-18(15)23(16)21/h1-9,12-13,17H,10-11,14H2. The third-order valence-corrected chi connectivity index (χ3v) is 6.75. The van der Waals surface area contributed by atoms with Crippen LogP contribution in [0.2, 0.25) is 0 Å². The summed E-state index contributed by atoms with van der Waals surface area (Å²) in [6.45, 7) is 0. The summed E-state index contributed by atoms with van der Waals surface area (Å²) >= 11 is 1.51. The molecule has 2 aromatic heterocycles. The van der Waals surface area contributed by atoms with Gasteiger partial charge in [0.2, 0.25) is 0 Å². The minimum atomic E-state index is -0.376. The van der Waals surface area contributed by atoms with Crippen molar-refractivity contribution in [1.82, 2.24) is 14.8 Å². The van der Waals surface area contributed by atoms with Gasteiger partial charge in [-0.2, -0.15) is 0 Å². The van der Waals surface area contributed by atoms with Gasteiger partial charge >= 0.3 is 5.63 Å². The van der Waals surface area contributed by atoms with Crippen LogP contribution < -0.4 is 5.63 Å². The molecule has 1 aliphatic rings. The maximum Gasteiger partial charge on any atom is 0.336 e. The highest BCUT2D eigenvalue weighted by atomic mass is 32.2. The van der Waals surface area contributed by atoms with Crippen molar-refractivity contribution in [3.8, 4) is 11.4 Å². The van der Waals surface area contributed by atoms with Gasteiger partial charge in [-0.3, -0.25) is 4.57 Å². The van der Waals surface area contributed by atoms with Gasteiger partial charge in [0.05, 0.1) is 5.56 Å². The number of thioether (sulfide) groups is 1. The van der Waals surface area contributed by atoms with Gasteiger partial charge in [-0.15, -0.1) is 10.2 Å². The van der Waals surface area contributed by atoms with E-state index in [9.17, 15) is 9.18 Å². The Morgan fingerprint density at radius 2 is 1.84 bits per heavy atom. The molecule has 1 fully saturated rings. The topological polar surface area (TPSA) is 60.9 Å². The van der Waals surface area contributed by atoms with E-state index in [1.54, 1.807) is 24.3 Å². The van der Waals surface area contributed by atoms with Gasteiger partial charge in [-0.1, -0.05) is 54.2 Å². The average molecular weight is 444 g/mol. The van der Waals surface area contributed by atoms with Crippen molar-refractivity contribution in [2.45, 2.75) is 29.8 Å². The van der Waals surface area contributed by atoms with Crippen LogP contribution in [0, 0.1) is 5.82 Å². The van der Waals surface area contributed by atoms with Crippen LogP contribution in [0.1, 0.15) is 24.4 Å². The molecule has 0 N–H and O–H groups in total. The number of halogens is 1. The highest BCUT2D eigenvalue weighted by Gasteiger charge is 2.31. The zero-order chi connectivity index (χ0) is 21.7. The predicted octanol–water partition coefficient (Wildman–Crippen LogP) is 5.97. The Morgan fingerprint density at radius 3 is 2.69 bits per heavy atom. The van der Waals surface area contributed by atoms with E-state index in [0.29, 0.717) is 22.7 Å². The Bertz CT molecular complexity index is 1540. The molecule has 6 rings (SSSR count). The van der Waals surface area contributed by atoms with Gasteiger partial charge in [-0.05, 0) is 47.4 Å². The van der Waals surface area contributed by atoms with Crippen molar-refractivity contribution in [2.24, 2.45) is 0 Å². The van der Waals surface area contributed by atoms with E-state index in [1.807, 2.05) is 41.0 Å². The van der Waals surface area contributed by atoms with Gasteiger partial charge in [-0.25, -0.2) is 9.18 Å². The smallest absolute Gasteiger partial charge is 0.336 e. The molecule has 0 bridgehead atoms. The predicted molar refractivity (Wildman–Crippen MR) is 123 cm³/mol. The van der Waals surface area contributed by atoms with Crippen molar-refractivity contribution >= 4 is 33.5 Å². The lowest BCUT2D eigenvalue weighted by atomic mass is 10.0. The van der Waals surface area contributed by atoms with E-state index in [0.717, 1.165) is 39.7 Å². The van der Waals surface area contributed by atoms with E-state index in [1.165, 1.54) is 17.8 Å². The van der Waals surface area contributed by atoms with Gasteiger partial charge in [0.25, 0.3) is 0 Å². The van der Waals surface area contributed by atoms with Crippen molar-refractivity contribution in [3.05, 3.63) is 88.5 Å². The average Bonchev–Trinajstić information content (AvgIpc) is 3.56. The summed E-state index contributed by atoms with van der Waals surface area (Å²) in [5, 5.41) is 12.5. The Morgan fingerprint density at radius 1 is 1.03 bits per heavy atom. The van der Waals surface area contributed by atoms with Crippen molar-refractivity contribution in [1.29, 1.82) is 0 Å². The maximum atomic E-state index is 14.4. The number of hydrogen-bond acceptors (Lipinski definition) is 5. The van der Waals surface area contributed by atoms with Gasteiger partial charge in [0.15, 0.2) is 11.0 Å². The first kappa shape index (κ1) is 19.3. The van der Waals surface area contributed by atoms with Crippen molar-refractivity contribution in [2.75, 3.05) is 0 Å². The zero-order valence-corrected chi connectivity index (χ0v) is 17.8. The summed E-state index contributed by atoms with van der Waals surface area (Å²) in [6, 6.07) is 20.3. The summed E-state index contributed by atoms with van der Waals surface area (Å²) in [4.78, 5) is 12.2. The first-order chi connectivity index (χ1) is 15.7.